The molecule has 1 aliphatic rings. The molecule has 0 amide bonds. The topological polar surface area (TPSA) is 28.2 Å². The number of hydrogen-bond acceptors (Lipinski definition) is 3. The minimum atomic E-state index is 0.132. The van der Waals surface area contributed by atoms with Crippen LogP contribution < -0.4 is 10.2 Å². The molecule has 3 heteroatoms. The highest BCUT2D eigenvalue weighted by Crippen LogP contribution is 2.32. The van der Waals surface area contributed by atoms with E-state index in [1.807, 2.05) is 6.20 Å². The predicted molar refractivity (Wildman–Crippen MR) is 86.1 cm³/mol. The third kappa shape index (κ3) is 4.48. The average Bonchev–Trinajstić information content (AvgIpc) is 2.36. The van der Waals surface area contributed by atoms with E-state index in [1.165, 1.54) is 18.5 Å². The molecule has 3 nitrogen and oxygen atoms in total. The summed E-state index contributed by atoms with van der Waals surface area (Å²) >= 11 is 0. The average molecular weight is 275 g/mol. The molecule has 0 spiro atoms. The van der Waals surface area contributed by atoms with Gasteiger partial charge in [-0.25, -0.2) is 0 Å². The van der Waals surface area contributed by atoms with Crippen LogP contribution in [-0.4, -0.2) is 23.6 Å². The smallest absolute Gasteiger partial charge is 0.0562 e. The highest BCUT2D eigenvalue weighted by atomic mass is 15.1. The van der Waals surface area contributed by atoms with E-state index in [0.29, 0.717) is 5.41 Å². The molecular weight excluding hydrogens is 246 g/mol. The molecule has 0 unspecified atom stereocenters. The molecule has 0 radical (unpaired) electrons. The Kier molecular flexibility index (Phi) is 4.38. The van der Waals surface area contributed by atoms with E-state index >= 15 is 0 Å². The van der Waals surface area contributed by atoms with Crippen LogP contribution >= 0.6 is 0 Å². The van der Waals surface area contributed by atoms with Crippen LogP contribution in [0.1, 0.15) is 53.2 Å². The van der Waals surface area contributed by atoms with Crippen LogP contribution in [-0.2, 0) is 6.54 Å². The van der Waals surface area contributed by atoms with Gasteiger partial charge in [-0.15, -0.1) is 0 Å². The third-order valence-corrected chi connectivity index (χ3v) is 4.08. The first-order chi connectivity index (χ1) is 9.25. The van der Waals surface area contributed by atoms with Gasteiger partial charge >= 0.3 is 0 Å². The molecule has 0 aromatic carbocycles. The van der Waals surface area contributed by atoms with Crippen LogP contribution in [0, 0.1) is 5.41 Å². The second-order valence-electron chi connectivity index (χ2n) is 7.76. The van der Waals surface area contributed by atoms with Gasteiger partial charge in [-0.1, -0.05) is 13.8 Å². The second kappa shape index (κ2) is 5.72. The van der Waals surface area contributed by atoms with Gasteiger partial charge < -0.3 is 10.2 Å². The van der Waals surface area contributed by atoms with E-state index in [0.717, 1.165) is 25.3 Å². The normalized spacial score (nSPS) is 19.1. The summed E-state index contributed by atoms with van der Waals surface area (Å²) in [6.07, 6.45) is 4.48. The number of piperidine rings is 1. The Labute approximate surface area is 123 Å². The molecule has 0 saturated carbocycles. The summed E-state index contributed by atoms with van der Waals surface area (Å²) in [5.41, 5.74) is 3.08. The fourth-order valence-electron chi connectivity index (χ4n) is 2.48. The standard InChI is InChI=1S/C17H29N3/c1-16(2,3)19-13-14-12-15(6-9-18-14)20-10-7-17(4,5)8-11-20/h6,9,12,19H,7-8,10-11,13H2,1-5H3. The van der Waals surface area contributed by atoms with Gasteiger partial charge in [-0.3, -0.25) is 4.98 Å². The lowest BCUT2D eigenvalue weighted by atomic mass is 9.82. The molecule has 112 valence electrons. The second-order valence-corrected chi connectivity index (χ2v) is 7.76. The Morgan fingerprint density at radius 3 is 2.50 bits per heavy atom. The van der Waals surface area contributed by atoms with E-state index in [2.05, 4.69) is 62.0 Å². The number of nitrogens with zero attached hydrogens (tertiary/aromatic N) is 2. The molecule has 1 fully saturated rings. The quantitative estimate of drug-likeness (QED) is 0.913. The Morgan fingerprint density at radius 2 is 1.90 bits per heavy atom. The zero-order valence-corrected chi connectivity index (χ0v) is 13.7. The van der Waals surface area contributed by atoms with Crippen molar-refractivity contribution in [1.82, 2.24) is 10.3 Å². The number of rotatable bonds is 3. The summed E-state index contributed by atoms with van der Waals surface area (Å²) in [5, 5.41) is 3.50. The van der Waals surface area contributed by atoms with Crippen molar-refractivity contribution in [3.05, 3.63) is 24.0 Å². The molecule has 1 N–H and O–H groups in total. The fourth-order valence-corrected chi connectivity index (χ4v) is 2.48. The number of aromatic nitrogens is 1. The minimum absolute atomic E-state index is 0.132. The maximum Gasteiger partial charge on any atom is 0.0562 e. The van der Waals surface area contributed by atoms with Gasteiger partial charge in [0.2, 0.25) is 0 Å². The largest absolute Gasteiger partial charge is 0.371 e. The van der Waals surface area contributed by atoms with E-state index in [9.17, 15) is 0 Å². The van der Waals surface area contributed by atoms with Gasteiger partial charge in [0.1, 0.15) is 0 Å². The molecule has 1 saturated heterocycles. The monoisotopic (exact) mass is 275 g/mol. The highest BCUT2D eigenvalue weighted by Gasteiger charge is 2.25. The van der Waals surface area contributed by atoms with Gasteiger partial charge in [-0.2, -0.15) is 0 Å². The van der Waals surface area contributed by atoms with Crippen LogP contribution in [0.15, 0.2) is 18.3 Å². The van der Waals surface area contributed by atoms with Gasteiger partial charge in [-0.05, 0) is 51.2 Å². The fraction of sp³-hybridized carbons (Fsp3) is 0.706. The Balaban J connectivity index is 1.99. The predicted octanol–water partition coefficient (Wildman–Crippen LogP) is 3.60. The van der Waals surface area contributed by atoms with Crippen molar-refractivity contribution in [3.8, 4) is 0 Å². The van der Waals surface area contributed by atoms with Crippen LogP contribution in [0.3, 0.4) is 0 Å². The molecule has 1 aromatic rings. The number of hydrogen-bond donors (Lipinski definition) is 1. The van der Waals surface area contributed by atoms with Crippen molar-refractivity contribution >= 4 is 5.69 Å². The third-order valence-electron chi connectivity index (χ3n) is 4.08. The molecule has 1 aliphatic heterocycles. The van der Waals surface area contributed by atoms with Crippen molar-refractivity contribution in [2.24, 2.45) is 5.41 Å². The molecular formula is C17H29N3. The van der Waals surface area contributed by atoms with Crippen molar-refractivity contribution in [2.45, 2.75) is 59.5 Å². The number of nitrogens with one attached hydrogen (secondary N) is 1. The number of anilines is 1. The van der Waals surface area contributed by atoms with Crippen LogP contribution in [0.4, 0.5) is 5.69 Å². The molecule has 0 bridgehead atoms. The summed E-state index contributed by atoms with van der Waals surface area (Å²) in [4.78, 5) is 6.97. The first-order valence-electron chi connectivity index (χ1n) is 7.70. The Morgan fingerprint density at radius 1 is 1.25 bits per heavy atom. The van der Waals surface area contributed by atoms with E-state index in [1.54, 1.807) is 0 Å². The maximum absolute atomic E-state index is 4.48. The zero-order valence-electron chi connectivity index (χ0n) is 13.7. The van der Waals surface area contributed by atoms with Crippen molar-refractivity contribution in [2.75, 3.05) is 18.0 Å². The minimum Gasteiger partial charge on any atom is -0.371 e. The van der Waals surface area contributed by atoms with Crippen molar-refractivity contribution in [1.29, 1.82) is 0 Å². The van der Waals surface area contributed by atoms with E-state index in [-0.39, 0.29) is 5.54 Å². The van der Waals surface area contributed by atoms with Crippen LogP contribution in [0.25, 0.3) is 0 Å². The maximum atomic E-state index is 4.48. The molecule has 2 heterocycles. The number of pyridine rings is 1. The summed E-state index contributed by atoms with van der Waals surface area (Å²) < 4.78 is 0. The van der Waals surface area contributed by atoms with Crippen molar-refractivity contribution < 1.29 is 0 Å². The molecule has 1 aromatic heterocycles. The van der Waals surface area contributed by atoms with Gasteiger partial charge in [0.15, 0.2) is 0 Å². The molecule has 20 heavy (non-hydrogen) atoms. The molecule has 2 rings (SSSR count). The summed E-state index contributed by atoms with van der Waals surface area (Å²) in [6, 6.07) is 4.37. The zero-order chi connectivity index (χ0) is 14.8. The lowest BCUT2D eigenvalue weighted by Gasteiger charge is -2.38. The highest BCUT2D eigenvalue weighted by molar-refractivity contribution is 5.47. The lowest BCUT2D eigenvalue weighted by molar-refractivity contribution is 0.280. The van der Waals surface area contributed by atoms with E-state index in [4.69, 9.17) is 0 Å². The summed E-state index contributed by atoms with van der Waals surface area (Å²) in [6.45, 7) is 14.4. The van der Waals surface area contributed by atoms with Crippen LogP contribution in [0.5, 0.6) is 0 Å². The van der Waals surface area contributed by atoms with Gasteiger partial charge in [0, 0.05) is 37.1 Å². The SMILES string of the molecule is CC1(C)CCN(c2ccnc(CNC(C)(C)C)c2)CC1. The summed E-state index contributed by atoms with van der Waals surface area (Å²) in [7, 11) is 0. The van der Waals surface area contributed by atoms with Crippen molar-refractivity contribution in [3.63, 3.8) is 0 Å². The summed E-state index contributed by atoms with van der Waals surface area (Å²) in [5.74, 6) is 0. The van der Waals surface area contributed by atoms with E-state index < -0.39 is 0 Å². The van der Waals surface area contributed by atoms with Gasteiger partial charge in [0.25, 0.3) is 0 Å². The Bertz CT molecular complexity index is 436. The first-order valence-corrected chi connectivity index (χ1v) is 7.70. The van der Waals surface area contributed by atoms with Crippen LogP contribution in [0.2, 0.25) is 0 Å². The molecule has 0 atom stereocenters. The first kappa shape index (κ1) is 15.3. The lowest BCUT2D eigenvalue weighted by Crippen LogP contribution is -2.37. The molecule has 0 aliphatic carbocycles. The Hall–Kier alpha value is -1.09. The van der Waals surface area contributed by atoms with Gasteiger partial charge in [0.05, 0.1) is 5.69 Å².